The molecule has 0 spiro atoms. The Bertz CT molecular complexity index is 758. The molecule has 0 aliphatic rings. The molecule has 2 aromatic carbocycles. The number of ether oxygens (including phenoxy) is 1. The molecule has 1 unspecified atom stereocenters. The number of amides is 1. The van der Waals surface area contributed by atoms with Gasteiger partial charge in [-0.05, 0) is 17.7 Å². The summed E-state index contributed by atoms with van der Waals surface area (Å²) in [4.78, 5) is 11.9. The van der Waals surface area contributed by atoms with Crippen LogP contribution in [0.2, 0.25) is 0 Å². The standard InChI is InChI=1S/C17H17NO4S/c1-2-13-22-17(19)18-16(14-9-5-3-6-10-14)23(20,21)15-11-7-4-8-12-15/h2-12,16H,1,13H2,(H,18,19). The van der Waals surface area contributed by atoms with Crippen LogP contribution >= 0.6 is 0 Å². The van der Waals surface area contributed by atoms with Gasteiger partial charge < -0.3 is 10.1 Å². The summed E-state index contributed by atoms with van der Waals surface area (Å²) in [6, 6.07) is 16.4. The first-order chi connectivity index (χ1) is 11.1. The van der Waals surface area contributed by atoms with Gasteiger partial charge in [-0.3, -0.25) is 0 Å². The Hall–Kier alpha value is -2.60. The first-order valence-electron chi connectivity index (χ1n) is 6.94. The van der Waals surface area contributed by atoms with Gasteiger partial charge in [0.05, 0.1) is 4.90 Å². The molecule has 0 aromatic heterocycles. The summed E-state index contributed by atoms with van der Waals surface area (Å²) in [6.45, 7) is 3.44. The number of carbonyl (C=O) groups excluding carboxylic acids is 1. The van der Waals surface area contributed by atoms with Crippen molar-refractivity contribution in [3.63, 3.8) is 0 Å². The predicted octanol–water partition coefficient (Wildman–Crippen LogP) is 3.07. The van der Waals surface area contributed by atoms with Crippen LogP contribution in [-0.2, 0) is 14.6 Å². The molecule has 0 heterocycles. The van der Waals surface area contributed by atoms with Crippen molar-refractivity contribution >= 4 is 15.9 Å². The third-order valence-corrected chi connectivity index (χ3v) is 5.01. The van der Waals surface area contributed by atoms with Crippen molar-refractivity contribution in [1.29, 1.82) is 0 Å². The SMILES string of the molecule is C=CCOC(=O)NC(c1ccccc1)S(=O)(=O)c1ccccc1. The molecule has 120 valence electrons. The second kappa shape index (κ2) is 7.60. The Morgan fingerprint density at radius 2 is 1.65 bits per heavy atom. The Kier molecular flexibility index (Phi) is 5.54. The lowest BCUT2D eigenvalue weighted by Crippen LogP contribution is -2.34. The zero-order chi connectivity index (χ0) is 16.7. The molecule has 0 aliphatic heterocycles. The van der Waals surface area contributed by atoms with Gasteiger partial charge in [-0.1, -0.05) is 61.2 Å². The number of rotatable bonds is 6. The Morgan fingerprint density at radius 3 is 2.22 bits per heavy atom. The highest BCUT2D eigenvalue weighted by Crippen LogP contribution is 2.26. The van der Waals surface area contributed by atoms with E-state index >= 15 is 0 Å². The average molecular weight is 331 g/mol. The van der Waals surface area contributed by atoms with Crippen LogP contribution in [0.4, 0.5) is 4.79 Å². The van der Waals surface area contributed by atoms with E-state index in [4.69, 9.17) is 4.74 Å². The summed E-state index contributed by atoms with van der Waals surface area (Å²) in [7, 11) is -3.81. The highest BCUT2D eigenvalue weighted by Gasteiger charge is 2.30. The van der Waals surface area contributed by atoms with E-state index in [0.717, 1.165) is 0 Å². The maximum atomic E-state index is 12.9. The van der Waals surface area contributed by atoms with Gasteiger partial charge in [0.25, 0.3) is 0 Å². The predicted molar refractivity (Wildman–Crippen MR) is 87.5 cm³/mol. The molecule has 1 amide bonds. The molecular formula is C17H17NO4S. The number of hydrogen-bond acceptors (Lipinski definition) is 4. The van der Waals surface area contributed by atoms with Crippen LogP contribution in [0.1, 0.15) is 10.9 Å². The topological polar surface area (TPSA) is 72.5 Å². The third-order valence-electron chi connectivity index (χ3n) is 3.07. The Morgan fingerprint density at radius 1 is 1.09 bits per heavy atom. The van der Waals surface area contributed by atoms with Crippen LogP contribution in [0.3, 0.4) is 0 Å². The van der Waals surface area contributed by atoms with Gasteiger partial charge in [0.1, 0.15) is 6.61 Å². The molecule has 0 bridgehead atoms. The second-order valence-corrected chi connectivity index (χ2v) is 6.71. The molecule has 2 rings (SSSR count). The van der Waals surface area contributed by atoms with Crippen molar-refractivity contribution in [3.8, 4) is 0 Å². The molecule has 6 heteroatoms. The zero-order valence-corrected chi connectivity index (χ0v) is 13.2. The molecule has 2 aromatic rings. The van der Waals surface area contributed by atoms with Crippen LogP contribution in [0.5, 0.6) is 0 Å². The summed E-state index contributed by atoms with van der Waals surface area (Å²) in [5.41, 5.74) is 0.451. The van der Waals surface area contributed by atoms with Gasteiger partial charge in [0.2, 0.25) is 9.84 Å². The maximum Gasteiger partial charge on any atom is 0.408 e. The minimum absolute atomic E-state index is 0.00126. The summed E-state index contributed by atoms with van der Waals surface area (Å²) in [6.07, 6.45) is 0.584. The average Bonchev–Trinajstić information content (AvgIpc) is 2.59. The van der Waals surface area contributed by atoms with Gasteiger partial charge in [0.15, 0.2) is 5.37 Å². The molecule has 0 fully saturated rings. The number of carbonyl (C=O) groups is 1. The number of hydrogen-bond donors (Lipinski definition) is 1. The summed E-state index contributed by atoms with van der Waals surface area (Å²) >= 11 is 0. The highest BCUT2D eigenvalue weighted by molar-refractivity contribution is 7.91. The second-order valence-electron chi connectivity index (χ2n) is 4.68. The molecule has 0 aliphatic carbocycles. The molecule has 0 saturated carbocycles. The molecule has 0 radical (unpaired) electrons. The van der Waals surface area contributed by atoms with Gasteiger partial charge in [0, 0.05) is 0 Å². The van der Waals surface area contributed by atoms with Crippen molar-refractivity contribution in [3.05, 3.63) is 78.9 Å². The number of sulfone groups is 1. The number of nitrogens with one attached hydrogen (secondary N) is 1. The summed E-state index contributed by atoms with van der Waals surface area (Å²) in [5.74, 6) is 0. The third kappa shape index (κ3) is 4.20. The normalized spacial score (nSPS) is 12.2. The zero-order valence-electron chi connectivity index (χ0n) is 12.4. The van der Waals surface area contributed by atoms with E-state index in [1.165, 1.54) is 18.2 Å². The molecule has 23 heavy (non-hydrogen) atoms. The Labute approximate surface area is 135 Å². The molecule has 1 N–H and O–H groups in total. The van der Waals surface area contributed by atoms with E-state index in [1.807, 2.05) is 0 Å². The first kappa shape index (κ1) is 16.8. The van der Waals surface area contributed by atoms with Crippen LogP contribution in [-0.4, -0.2) is 21.1 Å². The van der Waals surface area contributed by atoms with Crippen molar-refractivity contribution in [1.82, 2.24) is 5.32 Å². The number of alkyl carbamates (subject to hydrolysis) is 1. The van der Waals surface area contributed by atoms with Crippen molar-refractivity contribution in [2.75, 3.05) is 6.61 Å². The van der Waals surface area contributed by atoms with Crippen LogP contribution in [0, 0.1) is 0 Å². The first-order valence-corrected chi connectivity index (χ1v) is 8.48. The van der Waals surface area contributed by atoms with Gasteiger partial charge in [-0.2, -0.15) is 0 Å². The van der Waals surface area contributed by atoms with Crippen LogP contribution in [0.25, 0.3) is 0 Å². The molecular weight excluding hydrogens is 314 g/mol. The van der Waals surface area contributed by atoms with Gasteiger partial charge >= 0.3 is 6.09 Å². The maximum absolute atomic E-state index is 12.9. The van der Waals surface area contributed by atoms with Crippen molar-refractivity contribution in [2.24, 2.45) is 0 Å². The van der Waals surface area contributed by atoms with Crippen LogP contribution in [0.15, 0.2) is 78.2 Å². The van der Waals surface area contributed by atoms with Gasteiger partial charge in [-0.15, -0.1) is 0 Å². The smallest absolute Gasteiger partial charge is 0.408 e. The monoisotopic (exact) mass is 331 g/mol. The highest BCUT2D eigenvalue weighted by atomic mass is 32.2. The van der Waals surface area contributed by atoms with Gasteiger partial charge in [-0.25, -0.2) is 13.2 Å². The van der Waals surface area contributed by atoms with E-state index in [0.29, 0.717) is 5.56 Å². The van der Waals surface area contributed by atoms with E-state index in [2.05, 4.69) is 11.9 Å². The van der Waals surface area contributed by atoms with E-state index in [9.17, 15) is 13.2 Å². The molecule has 1 atom stereocenters. The fraction of sp³-hybridized carbons (Fsp3) is 0.118. The van der Waals surface area contributed by atoms with E-state index < -0.39 is 21.3 Å². The quantitative estimate of drug-likeness (QED) is 0.826. The fourth-order valence-electron chi connectivity index (χ4n) is 2.00. The molecule has 0 saturated heterocycles. The summed E-state index contributed by atoms with van der Waals surface area (Å²) < 4.78 is 30.5. The Balaban J connectivity index is 2.38. The molecule has 5 nitrogen and oxygen atoms in total. The van der Waals surface area contributed by atoms with Crippen LogP contribution < -0.4 is 5.32 Å². The minimum Gasteiger partial charge on any atom is -0.445 e. The van der Waals surface area contributed by atoms with Crippen molar-refractivity contribution < 1.29 is 17.9 Å². The van der Waals surface area contributed by atoms with E-state index in [1.54, 1.807) is 48.5 Å². The minimum atomic E-state index is -3.81. The van der Waals surface area contributed by atoms with Crippen molar-refractivity contribution in [2.45, 2.75) is 10.3 Å². The van der Waals surface area contributed by atoms with E-state index in [-0.39, 0.29) is 11.5 Å². The largest absolute Gasteiger partial charge is 0.445 e. The fourth-order valence-corrected chi connectivity index (χ4v) is 3.57. The lowest BCUT2D eigenvalue weighted by molar-refractivity contribution is 0.157. The lowest BCUT2D eigenvalue weighted by Gasteiger charge is -2.19. The number of benzene rings is 2. The summed E-state index contributed by atoms with van der Waals surface area (Å²) in [5, 5.41) is 1.18. The lowest BCUT2D eigenvalue weighted by atomic mass is 10.2.